The Hall–Kier alpha value is -4.64. The number of amides is 1. The minimum atomic E-state index is -1.01. The minimum absolute atomic E-state index is 0.0517. The van der Waals surface area contributed by atoms with Gasteiger partial charge in [-0.2, -0.15) is 0 Å². The van der Waals surface area contributed by atoms with Crippen molar-refractivity contribution >= 4 is 57.3 Å². The summed E-state index contributed by atoms with van der Waals surface area (Å²) in [6.45, 7) is 4.06. The summed E-state index contributed by atoms with van der Waals surface area (Å²) in [6.07, 6.45) is 0. The van der Waals surface area contributed by atoms with Crippen LogP contribution >= 0.6 is 34.7 Å². The Morgan fingerprint density at radius 2 is 1.72 bits per heavy atom. The van der Waals surface area contributed by atoms with Gasteiger partial charge in [0.05, 0.1) is 18.7 Å². The summed E-state index contributed by atoms with van der Waals surface area (Å²) >= 11 is 8.95. The Kier molecular flexibility index (Phi) is 9.63. The summed E-state index contributed by atoms with van der Waals surface area (Å²) in [5.41, 5.74) is 4.52. The molecular formula is C36H30ClN3O5S2. The lowest BCUT2D eigenvalue weighted by atomic mass is 9.93. The largest absolute Gasteiger partial charge is 0.507 e. The van der Waals surface area contributed by atoms with Crippen LogP contribution in [0.3, 0.4) is 0 Å². The molecule has 0 aliphatic carbocycles. The molecule has 1 atom stereocenters. The van der Waals surface area contributed by atoms with Crippen molar-refractivity contribution in [2.75, 3.05) is 12.0 Å². The summed E-state index contributed by atoms with van der Waals surface area (Å²) in [5.74, 6) is -0.463. The third-order valence-electron chi connectivity index (χ3n) is 7.74. The van der Waals surface area contributed by atoms with Gasteiger partial charge in [0.25, 0.3) is 5.78 Å². The molecule has 1 unspecified atom stereocenters. The number of rotatable bonds is 10. The lowest BCUT2D eigenvalue weighted by Gasteiger charge is -2.23. The summed E-state index contributed by atoms with van der Waals surface area (Å²) in [6, 6.07) is 27.1. The number of carbonyl (C=O) groups is 2. The van der Waals surface area contributed by atoms with Gasteiger partial charge in [0, 0.05) is 16.3 Å². The molecule has 1 aromatic heterocycles. The normalized spacial score (nSPS) is 15.7. The van der Waals surface area contributed by atoms with E-state index in [1.54, 1.807) is 24.3 Å². The third-order valence-corrected chi connectivity index (χ3v) is 10.2. The zero-order valence-corrected chi connectivity index (χ0v) is 28.2. The summed E-state index contributed by atoms with van der Waals surface area (Å²) < 4.78 is 12.4. The molecule has 1 aliphatic rings. The molecule has 1 saturated heterocycles. The highest BCUT2D eigenvalue weighted by Crippen LogP contribution is 2.46. The molecule has 11 heteroatoms. The highest BCUT2D eigenvalue weighted by atomic mass is 35.5. The molecule has 8 nitrogen and oxygen atoms in total. The van der Waals surface area contributed by atoms with Crippen LogP contribution in [-0.4, -0.2) is 34.1 Å². The first-order valence-electron chi connectivity index (χ1n) is 14.7. The van der Waals surface area contributed by atoms with Crippen molar-refractivity contribution in [2.24, 2.45) is 0 Å². The fourth-order valence-corrected chi connectivity index (χ4v) is 7.46. The standard InChI is InChI=1S/C36H30ClN3O5S2/c1-21-13-14-22(2)26(17-21)32(41)30-31(24-15-16-28(29(18-24)44-3)45-19-23-9-5-4-6-10-23)40(34(43)33(30)42)35-38-39-36(47-35)46-20-25-11-7-8-12-27(25)37/h4-18,31,41H,19-20H2,1-3H3/b32-30+. The fraction of sp³-hybridized carbons (Fsp3) is 0.167. The van der Waals surface area contributed by atoms with E-state index in [4.69, 9.17) is 21.1 Å². The second kappa shape index (κ2) is 14.0. The number of aliphatic hydroxyl groups is 1. The third kappa shape index (κ3) is 6.76. The van der Waals surface area contributed by atoms with Crippen molar-refractivity contribution in [3.8, 4) is 11.5 Å². The van der Waals surface area contributed by atoms with Gasteiger partial charge in [-0.1, -0.05) is 107 Å². The molecule has 1 aliphatic heterocycles. The van der Waals surface area contributed by atoms with Crippen LogP contribution in [-0.2, 0) is 21.9 Å². The number of ketones is 1. The van der Waals surface area contributed by atoms with E-state index in [2.05, 4.69) is 10.2 Å². The van der Waals surface area contributed by atoms with E-state index >= 15 is 0 Å². The number of nitrogens with zero attached hydrogens (tertiary/aromatic N) is 3. The molecule has 0 bridgehead atoms. The number of methoxy groups -OCH3 is 1. The quantitative estimate of drug-likeness (QED) is 0.0516. The van der Waals surface area contributed by atoms with Gasteiger partial charge in [0.15, 0.2) is 15.8 Å². The molecule has 2 heterocycles. The minimum Gasteiger partial charge on any atom is -0.507 e. The van der Waals surface area contributed by atoms with Gasteiger partial charge < -0.3 is 14.6 Å². The average molecular weight is 684 g/mol. The number of carbonyl (C=O) groups excluding carboxylic acids is 2. The number of halogens is 1. The van der Waals surface area contributed by atoms with Crippen LogP contribution in [0, 0.1) is 13.8 Å². The van der Waals surface area contributed by atoms with Gasteiger partial charge in [-0.05, 0) is 60.4 Å². The highest BCUT2D eigenvalue weighted by Gasteiger charge is 2.48. The first-order chi connectivity index (χ1) is 22.7. The van der Waals surface area contributed by atoms with E-state index in [0.717, 1.165) is 22.3 Å². The summed E-state index contributed by atoms with van der Waals surface area (Å²) in [4.78, 5) is 28.9. The van der Waals surface area contributed by atoms with Crippen molar-refractivity contribution in [1.82, 2.24) is 10.2 Å². The van der Waals surface area contributed by atoms with Gasteiger partial charge in [-0.3, -0.25) is 14.5 Å². The van der Waals surface area contributed by atoms with E-state index in [-0.39, 0.29) is 16.5 Å². The number of aromatic nitrogens is 2. The molecule has 0 saturated carbocycles. The second-order valence-corrected chi connectivity index (χ2v) is 13.5. The molecule has 0 radical (unpaired) electrons. The SMILES string of the molecule is COc1cc(C2/C(=C(\O)c3cc(C)ccc3C)C(=O)C(=O)N2c2nnc(SCc3ccccc3Cl)s2)ccc1OCc1ccccc1. The number of hydrogen-bond acceptors (Lipinski definition) is 9. The monoisotopic (exact) mass is 683 g/mol. The van der Waals surface area contributed by atoms with Crippen molar-refractivity contribution in [2.45, 2.75) is 36.6 Å². The predicted octanol–water partition coefficient (Wildman–Crippen LogP) is 8.31. The molecule has 1 fully saturated rings. The van der Waals surface area contributed by atoms with Gasteiger partial charge in [0.2, 0.25) is 5.13 Å². The van der Waals surface area contributed by atoms with E-state index in [0.29, 0.717) is 44.3 Å². The van der Waals surface area contributed by atoms with Crippen LogP contribution in [0.4, 0.5) is 5.13 Å². The molecule has 238 valence electrons. The number of benzene rings is 4. The van der Waals surface area contributed by atoms with Crippen LogP contribution in [0.25, 0.3) is 5.76 Å². The van der Waals surface area contributed by atoms with Gasteiger partial charge in [-0.15, -0.1) is 10.2 Å². The van der Waals surface area contributed by atoms with Crippen LogP contribution in [0.15, 0.2) is 101 Å². The van der Waals surface area contributed by atoms with Gasteiger partial charge in [-0.25, -0.2) is 0 Å². The summed E-state index contributed by atoms with van der Waals surface area (Å²) in [7, 11) is 1.52. The van der Waals surface area contributed by atoms with Crippen LogP contribution < -0.4 is 14.4 Å². The number of anilines is 1. The van der Waals surface area contributed by atoms with E-state index in [9.17, 15) is 14.7 Å². The topological polar surface area (TPSA) is 102 Å². The molecule has 1 N–H and O–H groups in total. The van der Waals surface area contributed by atoms with E-state index < -0.39 is 17.7 Å². The number of Topliss-reactive ketones (excluding diaryl/α,β-unsaturated/α-hetero) is 1. The summed E-state index contributed by atoms with van der Waals surface area (Å²) in [5, 5.41) is 21.2. The number of aryl methyl sites for hydroxylation is 2. The van der Waals surface area contributed by atoms with E-state index in [1.165, 1.54) is 35.1 Å². The zero-order chi connectivity index (χ0) is 33.1. The lowest BCUT2D eigenvalue weighted by molar-refractivity contribution is -0.132. The molecule has 4 aromatic carbocycles. The first kappa shape index (κ1) is 32.3. The molecule has 6 rings (SSSR count). The second-order valence-electron chi connectivity index (χ2n) is 10.9. The van der Waals surface area contributed by atoms with Gasteiger partial charge in [0.1, 0.15) is 12.4 Å². The van der Waals surface area contributed by atoms with E-state index in [1.807, 2.05) is 80.6 Å². The molecule has 47 heavy (non-hydrogen) atoms. The Labute approximate surface area is 285 Å². The van der Waals surface area contributed by atoms with Crippen molar-refractivity contribution in [1.29, 1.82) is 0 Å². The highest BCUT2D eigenvalue weighted by molar-refractivity contribution is 8.00. The Morgan fingerprint density at radius 1 is 0.957 bits per heavy atom. The first-order valence-corrected chi connectivity index (χ1v) is 16.9. The van der Waals surface area contributed by atoms with Crippen molar-refractivity contribution in [3.63, 3.8) is 0 Å². The molecule has 1 amide bonds. The fourth-order valence-electron chi connectivity index (χ4n) is 5.30. The zero-order valence-electron chi connectivity index (χ0n) is 25.8. The van der Waals surface area contributed by atoms with Crippen molar-refractivity contribution < 1.29 is 24.2 Å². The maximum absolute atomic E-state index is 13.8. The smallest absolute Gasteiger partial charge is 0.301 e. The van der Waals surface area contributed by atoms with Crippen LogP contribution in [0.1, 0.15) is 39.4 Å². The Bertz CT molecular complexity index is 2000. The van der Waals surface area contributed by atoms with Crippen LogP contribution in [0.5, 0.6) is 11.5 Å². The van der Waals surface area contributed by atoms with Gasteiger partial charge >= 0.3 is 5.91 Å². The number of thioether (sulfide) groups is 1. The molecular weight excluding hydrogens is 654 g/mol. The predicted molar refractivity (Wildman–Crippen MR) is 185 cm³/mol. The molecule has 5 aromatic rings. The number of aliphatic hydroxyl groups excluding tert-OH is 1. The lowest BCUT2D eigenvalue weighted by Crippen LogP contribution is -2.29. The average Bonchev–Trinajstić information content (AvgIpc) is 3.66. The Morgan fingerprint density at radius 3 is 2.49 bits per heavy atom. The number of ether oxygens (including phenoxy) is 2. The maximum Gasteiger partial charge on any atom is 0.301 e. The Balaban J connectivity index is 1.41. The molecule has 0 spiro atoms. The van der Waals surface area contributed by atoms with Crippen LogP contribution in [0.2, 0.25) is 5.02 Å². The maximum atomic E-state index is 13.8. The number of hydrogen-bond donors (Lipinski definition) is 1. The van der Waals surface area contributed by atoms with Crippen molar-refractivity contribution in [3.05, 3.63) is 135 Å².